The van der Waals surface area contributed by atoms with Crippen LogP contribution in [-0.4, -0.2) is 30.0 Å². The summed E-state index contributed by atoms with van der Waals surface area (Å²) in [5.74, 6) is 0.771. The lowest BCUT2D eigenvalue weighted by Crippen LogP contribution is -2.07. The van der Waals surface area contributed by atoms with Crippen molar-refractivity contribution in [3.63, 3.8) is 0 Å². The number of aliphatic hydroxyl groups is 2. The molecular weight excluding hydrogens is 230 g/mol. The van der Waals surface area contributed by atoms with Gasteiger partial charge in [0.1, 0.15) is 5.75 Å². The highest BCUT2D eigenvalue weighted by Gasteiger charge is 2.07. The van der Waals surface area contributed by atoms with Crippen LogP contribution in [0.25, 0.3) is 0 Å². The number of ether oxygens (including phenoxy) is 1. The molecule has 0 bridgehead atoms. The van der Waals surface area contributed by atoms with Crippen LogP contribution in [0.15, 0.2) is 24.3 Å². The zero-order valence-electron chi connectivity index (χ0n) is 10.7. The average molecular weight is 253 g/mol. The van der Waals surface area contributed by atoms with Gasteiger partial charge in [-0.25, -0.2) is 0 Å². The van der Waals surface area contributed by atoms with Crippen molar-refractivity contribution in [2.45, 2.75) is 31.8 Å². The van der Waals surface area contributed by atoms with Crippen LogP contribution in [0.1, 0.15) is 37.4 Å². The van der Waals surface area contributed by atoms with Crippen molar-refractivity contribution < 1.29 is 14.9 Å². The average Bonchev–Trinajstić information content (AvgIpc) is 2.39. The van der Waals surface area contributed by atoms with Gasteiger partial charge in [0.15, 0.2) is 0 Å². The Morgan fingerprint density at radius 1 is 1.22 bits per heavy atom. The van der Waals surface area contributed by atoms with Crippen LogP contribution in [0.2, 0.25) is 0 Å². The van der Waals surface area contributed by atoms with Crippen molar-refractivity contribution in [3.05, 3.63) is 29.8 Å². The van der Waals surface area contributed by atoms with E-state index in [0.29, 0.717) is 19.6 Å². The molecule has 0 radical (unpaired) electrons. The second-order valence-corrected chi connectivity index (χ2v) is 4.30. The SMILES string of the molecule is NCC[C@@H](O)c1cccc(OCCCCCO)c1. The lowest BCUT2D eigenvalue weighted by molar-refractivity contribution is 0.169. The van der Waals surface area contributed by atoms with Crippen LogP contribution < -0.4 is 10.5 Å². The van der Waals surface area contributed by atoms with Crippen LogP contribution >= 0.6 is 0 Å². The highest BCUT2D eigenvalue weighted by Crippen LogP contribution is 2.21. The normalized spacial score (nSPS) is 12.4. The van der Waals surface area contributed by atoms with E-state index in [4.69, 9.17) is 15.6 Å². The summed E-state index contributed by atoms with van der Waals surface area (Å²) in [6.45, 7) is 1.34. The maximum absolute atomic E-state index is 9.82. The molecule has 0 saturated carbocycles. The number of nitrogens with two attached hydrogens (primary N) is 1. The zero-order valence-corrected chi connectivity index (χ0v) is 10.7. The van der Waals surface area contributed by atoms with Crippen LogP contribution in [0.5, 0.6) is 5.75 Å². The van der Waals surface area contributed by atoms with E-state index in [9.17, 15) is 5.11 Å². The summed E-state index contributed by atoms with van der Waals surface area (Å²) >= 11 is 0. The summed E-state index contributed by atoms with van der Waals surface area (Å²) in [6.07, 6.45) is 2.74. The first-order valence-corrected chi connectivity index (χ1v) is 6.49. The molecule has 102 valence electrons. The van der Waals surface area contributed by atoms with Crippen LogP contribution in [0.4, 0.5) is 0 Å². The van der Waals surface area contributed by atoms with Crippen molar-refractivity contribution in [2.24, 2.45) is 5.73 Å². The Morgan fingerprint density at radius 3 is 2.78 bits per heavy atom. The first kappa shape index (κ1) is 15.0. The maximum atomic E-state index is 9.82. The van der Waals surface area contributed by atoms with Gasteiger partial charge in [-0.3, -0.25) is 0 Å². The maximum Gasteiger partial charge on any atom is 0.119 e. The minimum absolute atomic E-state index is 0.237. The lowest BCUT2D eigenvalue weighted by Gasteiger charge is -2.12. The fourth-order valence-corrected chi connectivity index (χ4v) is 1.72. The molecule has 0 fully saturated rings. The van der Waals surface area contributed by atoms with Gasteiger partial charge in [-0.05, 0) is 49.9 Å². The first-order valence-electron chi connectivity index (χ1n) is 6.49. The van der Waals surface area contributed by atoms with E-state index in [1.54, 1.807) is 0 Å². The molecule has 0 aromatic heterocycles. The van der Waals surface area contributed by atoms with E-state index >= 15 is 0 Å². The third-order valence-electron chi connectivity index (χ3n) is 2.75. The summed E-state index contributed by atoms with van der Waals surface area (Å²) in [5.41, 5.74) is 6.26. The third kappa shape index (κ3) is 5.49. The summed E-state index contributed by atoms with van der Waals surface area (Å²) < 4.78 is 5.60. The molecule has 1 rings (SSSR count). The number of hydrogen-bond acceptors (Lipinski definition) is 4. The largest absolute Gasteiger partial charge is 0.494 e. The molecule has 0 aliphatic rings. The Balaban J connectivity index is 2.39. The Morgan fingerprint density at radius 2 is 2.06 bits per heavy atom. The highest BCUT2D eigenvalue weighted by atomic mass is 16.5. The highest BCUT2D eigenvalue weighted by molar-refractivity contribution is 5.29. The molecule has 18 heavy (non-hydrogen) atoms. The van der Waals surface area contributed by atoms with E-state index in [1.807, 2.05) is 24.3 Å². The van der Waals surface area contributed by atoms with Gasteiger partial charge in [0, 0.05) is 6.61 Å². The molecule has 4 nitrogen and oxygen atoms in total. The summed E-state index contributed by atoms with van der Waals surface area (Å²) in [5, 5.41) is 18.5. The van der Waals surface area contributed by atoms with Gasteiger partial charge in [0.25, 0.3) is 0 Å². The summed E-state index contributed by atoms with van der Waals surface area (Å²) in [7, 11) is 0. The summed E-state index contributed by atoms with van der Waals surface area (Å²) in [6, 6.07) is 7.48. The van der Waals surface area contributed by atoms with Gasteiger partial charge in [-0.2, -0.15) is 0 Å². The first-order chi connectivity index (χ1) is 8.77. The van der Waals surface area contributed by atoms with Crippen molar-refractivity contribution in [2.75, 3.05) is 19.8 Å². The van der Waals surface area contributed by atoms with Gasteiger partial charge >= 0.3 is 0 Å². The van der Waals surface area contributed by atoms with Crippen LogP contribution in [0.3, 0.4) is 0 Å². The number of rotatable bonds is 9. The van der Waals surface area contributed by atoms with Gasteiger partial charge in [0.2, 0.25) is 0 Å². The topological polar surface area (TPSA) is 75.7 Å². The van der Waals surface area contributed by atoms with Gasteiger partial charge in [-0.1, -0.05) is 12.1 Å². The van der Waals surface area contributed by atoms with Gasteiger partial charge in [0.05, 0.1) is 12.7 Å². The smallest absolute Gasteiger partial charge is 0.119 e. The van der Waals surface area contributed by atoms with Crippen molar-refractivity contribution >= 4 is 0 Å². The predicted octanol–water partition coefficient (Wildman–Crippen LogP) is 1.61. The molecule has 0 aliphatic carbocycles. The summed E-state index contributed by atoms with van der Waals surface area (Å²) in [4.78, 5) is 0. The van der Waals surface area contributed by atoms with E-state index in [0.717, 1.165) is 30.6 Å². The molecule has 1 aromatic rings. The van der Waals surface area contributed by atoms with Crippen molar-refractivity contribution in [3.8, 4) is 5.75 Å². The Hall–Kier alpha value is -1.10. The number of aliphatic hydroxyl groups excluding tert-OH is 2. The molecule has 1 aromatic carbocycles. The molecule has 0 spiro atoms. The molecular formula is C14H23NO3. The minimum atomic E-state index is -0.520. The molecule has 4 heteroatoms. The van der Waals surface area contributed by atoms with E-state index in [2.05, 4.69) is 0 Å². The van der Waals surface area contributed by atoms with Gasteiger partial charge in [-0.15, -0.1) is 0 Å². The van der Waals surface area contributed by atoms with E-state index in [-0.39, 0.29) is 6.61 Å². The van der Waals surface area contributed by atoms with Crippen molar-refractivity contribution in [1.29, 1.82) is 0 Å². The van der Waals surface area contributed by atoms with Crippen LogP contribution in [-0.2, 0) is 0 Å². The Kier molecular flexibility index (Phi) is 7.41. The number of unbranched alkanes of at least 4 members (excludes halogenated alkanes) is 2. The standard InChI is InChI=1S/C14H23NO3/c15-8-7-14(17)12-5-4-6-13(11-12)18-10-3-1-2-9-16/h4-6,11,14,16-17H,1-3,7-10,15H2/t14-/m1/s1. The third-order valence-corrected chi connectivity index (χ3v) is 2.75. The minimum Gasteiger partial charge on any atom is -0.494 e. The Labute approximate surface area is 108 Å². The molecule has 0 unspecified atom stereocenters. The molecule has 0 heterocycles. The molecule has 0 aliphatic heterocycles. The monoisotopic (exact) mass is 253 g/mol. The van der Waals surface area contributed by atoms with E-state index in [1.165, 1.54) is 0 Å². The number of benzene rings is 1. The molecule has 1 atom stereocenters. The van der Waals surface area contributed by atoms with Crippen LogP contribution in [0, 0.1) is 0 Å². The van der Waals surface area contributed by atoms with Crippen molar-refractivity contribution in [1.82, 2.24) is 0 Å². The Bertz CT molecular complexity index is 331. The molecule has 4 N–H and O–H groups in total. The number of hydrogen-bond donors (Lipinski definition) is 3. The zero-order chi connectivity index (χ0) is 13.2. The quantitative estimate of drug-likeness (QED) is 0.584. The van der Waals surface area contributed by atoms with E-state index < -0.39 is 6.10 Å². The lowest BCUT2D eigenvalue weighted by atomic mass is 10.1. The fraction of sp³-hybridized carbons (Fsp3) is 0.571. The fourth-order valence-electron chi connectivity index (χ4n) is 1.72. The predicted molar refractivity (Wildman–Crippen MR) is 71.5 cm³/mol. The van der Waals surface area contributed by atoms with Gasteiger partial charge < -0.3 is 20.7 Å². The second kappa shape index (κ2) is 8.91. The molecule has 0 amide bonds. The second-order valence-electron chi connectivity index (χ2n) is 4.30. The molecule has 0 saturated heterocycles.